The molecule has 94 valence electrons. The van der Waals surface area contributed by atoms with Crippen molar-refractivity contribution in [1.29, 1.82) is 5.41 Å². The first-order valence-electron chi connectivity index (χ1n) is 4.74. The van der Waals surface area contributed by atoms with Crippen molar-refractivity contribution in [2.75, 3.05) is 45.6 Å². The Labute approximate surface area is 95.4 Å². The van der Waals surface area contributed by atoms with Gasteiger partial charge in [0.1, 0.15) is 0 Å². The zero-order valence-electron chi connectivity index (χ0n) is 9.22. The first kappa shape index (κ1) is 15.2. The van der Waals surface area contributed by atoms with Crippen molar-refractivity contribution in [2.45, 2.75) is 0 Å². The molecule has 2 N–H and O–H groups in total. The SMILES string of the molecule is CS(=O)(=O)O.N=C=NCCN1CCOCC1. The van der Waals surface area contributed by atoms with E-state index in [1.165, 1.54) is 0 Å². The van der Waals surface area contributed by atoms with Crippen molar-refractivity contribution >= 4 is 16.1 Å². The molecule has 16 heavy (non-hydrogen) atoms. The van der Waals surface area contributed by atoms with Crippen LogP contribution in [-0.4, -0.2) is 69.5 Å². The van der Waals surface area contributed by atoms with Gasteiger partial charge in [0.15, 0.2) is 0 Å². The summed E-state index contributed by atoms with van der Waals surface area (Å²) in [7, 11) is -3.67. The lowest BCUT2D eigenvalue weighted by Crippen LogP contribution is -2.37. The van der Waals surface area contributed by atoms with Gasteiger partial charge >= 0.3 is 0 Å². The Morgan fingerprint density at radius 1 is 1.50 bits per heavy atom. The van der Waals surface area contributed by atoms with E-state index >= 15 is 0 Å². The van der Waals surface area contributed by atoms with Crippen molar-refractivity contribution in [3.05, 3.63) is 0 Å². The van der Waals surface area contributed by atoms with Gasteiger partial charge in [-0.15, -0.1) is 0 Å². The molecule has 1 aliphatic heterocycles. The summed E-state index contributed by atoms with van der Waals surface area (Å²) in [5, 5.41) is 6.56. The summed E-state index contributed by atoms with van der Waals surface area (Å²) in [6.07, 6.45) is 0.715. The van der Waals surface area contributed by atoms with E-state index in [4.69, 9.17) is 14.7 Å². The average Bonchev–Trinajstić information content (AvgIpc) is 2.17. The maximum atomic E-state index is 9.19. The summed E-state index contributed by atoms with van der Waals surface area (Å²) in [4.78, 5) is 5.98. The molecule has 8 heteroatoms. The number of aliphatic imine (C=N–C) groups is 1. The third kappa shape index (κ3) is 13.2. The van der Waals surface area contributed by atoms with Crippen molar-refractivity contribution in [3.63, 3.8) is 0 Å². The second-order valence-electron chi connectivity index (χ2n) is 3.18. The Morgan fingerprint density at radius 2 is 2.00 bits per heavy atom. The van der Waals surface area contributed by atoms with Gasteiger partial charge in [0.25, 0.3) is 10.1 Å². The fourth-order valence-corrected chi connectivity index (χ4v) is 1.07. The lowest BCUT2D eigenvalue weighted by molar-refractivity contribution is 0.0395. The Morgan fingerprint density at radius 3 is 2.44 bits per heavy atom. The molecular formula is C8H17N3O4S. The summed E-state index contributed by atoms with van der Waals surface area (Å²) >= 11 is 0. The van der Waals surface area contributed by atoms with Crippen molar-refractivity contribution in [3.8, 4) is 0 Å². The highest BCUT2D eigenvalue weighted by Gasteiger charge is 2.08. The molecule has 0 spiro atoms. The van der Waals surface area contributed by atoms with Crippen LogP contribution in [0.1, 0.15) is 0 Å². The van der Waals surface area contributed by atoms with Crippen LogP contribution in [0, 0.1) is 5.41 Å². The van der Waals surface area contributed by atoms with Crippen molar-refractivity contribution < 1.29 is 17.7 Å². The van der Waals surface area contributed by atoms with Gasteiger partial charge in [0.2, 0.25) is 0 Å². The second kappa shape index (κ2) is 8.37. The molecule has 1 fully saturated rings. The smallest absolute Gasteiger partial charge is 0.261 e. The Bertz CT molecular complexity index is 310. The largest absolute Gasteiger partial charge is 0.379 e. The molecule has 0 aromatic heterocycles. The first-order valence-corrected chi connectivity index (χ1v) is 6.59. The minimum atomic E-state index is -3.67. The van der Waals surface area contributed by atoms with Crippen LogP contribution in [0.2, 0.25) is 0 Å². The monoisotopic (exact) mass is 251 g/mol. The second-order valence-corrected chi connectivity index (χ2v) is 4.65. The Hall–Kier alpha value is -0.790. The summed E-state index contributed by atoms with van der Waals surface area (Å²) in [6.45, 7) is 5.25. The van der Waals surface area contributed by atoms with Gasteiger partial charge in [-0.2, -0.15) is 8.42 Å². The highest BCUT2D eigenvalue weighted by Crippen LogP contribution is 1.94. The fraction of sp³-hybridized carbons (Fsp3) is 0.875. The molecule has 1 saturated heterocycles. The van der Waals surface area contributed by atoms with Gasteiger partial charge in [0, 0.05) is 19.6 Å². The molecule has 0 aromatic carbocycles. The van der Waals surface area contributed by atoms with Crippen molar-refractivity contribution in [2.24, 2.45) is 4.99 Å². The maximum Gasteiger partial charge on any atom is 0.261 e. The molecule has 0 atom stereocenters. The zero-order chi connectivity index (χ0) is 12.4. The fourth-order valence-electron chi connectivity index (χ4n) is 1.07. The van der Waals surface area contributed by atoms with Gasteiger partial charge in [-0.3, -0.25) is 9.45 Å². The highest BCUT2D eigenvalue weighted by molar-refractivity contribution is 7.85. The van der Waals surface area contributed by atoms with Crippen LogP contribution in [0.15, 0.2) is 4.99 Å². The average molecular weight is 251 g/mol. The third-order valence-electron chi connectivity index (χ3n) is 1.71. The van der Waals surface area contributed by atoms with Crippen LogP contribution in [-0.2, 0) is 14.9 Å². The summed E-state index contributed by atoms with van der Waals surface area (Å²) in [6, 6.07) is 2.02. The van der Waals surface area contributed by atoms with Gasteiger partial charge in [-0.25, -0.2) is 10.4 Å². The predicted molar refractivity (Wildman–Crippen MR) is 59.8 cm³/mol. The number of hydrogen-bond acceptors (Lipinski definition) is 6. The summed E-state index contributed by atoms with van der Waals surface area (Å²) < 4.78 is 31.0. The van der Waals surface area contributed by atoms with Crippen LogP contribution in [0.5, 0.6) is 0 Å². The molecule has 0 aromatic rings. The third-order valence-corrected chi connectivity index (χ3v) is 1.71. The molecule has 1 rings (SSSR count). The predicted octanol–water partition coefficient (Wildman–Crippen LogP) is -0.425. The molecule has 7 nitrogen and oxygen atoms in total. The van der Waals surface area contributed by atoms with Gasteiger partial charge in [-0.05, 0) is 0 Å². The molecular weight excluding hydrogens is 234 g/mol. The standard InChI is InChI=1S/C7H13N3O.CH4O3S/c8-7-9-1-2-10-3-5-11-6-4-10;1-5(2,3)4/h8H,1-6H2;1H3,(H,2,3,4). The van der Waals surface area contributed by atoms with Crippen LogP contribution < -0.4 is 0 Å². The van der Waals surface area contributed by atoms with E-state index in [2.05, 4.69) is 9.89 Å². The first-order chi connectivity index (χ1) is 7.43. The lowest BCUT2D eigenvalue weighted by atomic mass is 10.4. The van der Waals surface area contributed by atoms with E-state index in [1.807, 2.05) is 6.01 Å². The molecule has 1 heterocycles. The number of nitrogens with one attached hydrogen (secondary N) is 1. The highest BCUT2D eigenvalue weighted by atomic mass is 32.2. The quantitative estimate of drug-likeness (QED) is 0.523. The minimum Gasteiger partial charge on any atom is -0.379 e. The van der Waals surface area contributed by atoms with E-state index in [-0.39, 0.29) is 0 Å². The number of nitrogens with zero attached hydrogens (tertiary/aromatic N) is 2. The molecule has 0 aliphatic carbocycles. The molecule has 0 bridgehead atoms. The maximum absolute atomic E-state index is 9.19. The number of rotatable bonds is 3. The molecule has 0 radical (unpaired) electrons. The van der Waals surface area contributed by atoms with Crippen molar-refractivity contribution in [1.82, 2.24) is 4.90 Å². The van der Waals surface area contributed by atoms with E-state index in [1.54, 1.807) is 0 Å². The van der Waals surface area contributed by atoms with Crippen LogP contribution in [0.3, 0.4) is 0 Å². The van der Waals surface area contributed by atoms with Crippen LogP contribution in [0.25, 0.3) is 0 Å². The van der Waals surface area contributed by atoms with E-state index in [0.29, 0.717) is 12.8 Å². The molecule has 0 amide bonds. The van der Waals surface area contributed by atoms with Gasteiger partial charge in [0.05, 0.1) is 32.0 Å². The summed E-state index contributed by atoms with van der Waals surface area (Å²) in [5.41, 5.74) is 0. The minimum absolute atomic E-state index is 0.684. The number of ether oxygens (including phenoxy) is 1. The molecule has 0 unspecified atom stereocenters. The Balaban J connectivity index is 0.000000385. The van der Waals surface area contributed by atoms with Crippen LogP contribution in [0.4, 0.5) is 0 Å². The topological polar surface area (TPSA) is 103 Å². The molecule has 1 aliphatic rings. The van der Waals surface area contributed by atoms with Crippen LogP contribution >= 0.6 is 0 Å². The zero-order valence-corrected chi connectivity index (χ0v) is 10.0. The van der Waals surface area contributed by atoms with E-state index in [9.17, 15) is 8.42 Å². The van der Waals surface area contributed by atoms with Gasteiger partial charge in [-0.1, -0.05) is 0 Å². The number of hydrogen-bond donors (Lipinski definition) is 2. The summed E-state index contributed by atoms with van der Waals surface area (Å²) in [5.74, 6) is 0. The molecule has 0 saturated carbocycles. The number of morpholine rings is 1. The lowest BCUT2D eigenvalue weighted by Gasteiger charge is -2.25. The Kier molecular flexibility index (Phi) is 7.96. The van der Waals surface area contributed by atoms with Gasteiger partial charge < -0.3 is 4.74 Å². The normalized spacial score (nSPS) is 16.9. The van der Waals surface area contributed by atoms with E-state index in [0.717, 1.165) is 32.8 Å². The van der Waals surface area contributed by atoms with E-state index < -0.39 is 10.1 Å².